The average Bonchev–Trinajstić information content (AvgIpc) is 2.86. The van der Waals surface area contributed by atoms with E-state index in [1.165, 1.54) is 12.1 Å². The van der Waals surface area contributed by atoms with Gasteiger partial charge in [-0.2, -0.15) is 5.26 Å². The molecule has 0 amide bonds. The molecular formula is C26H22F2N6. The molecule has 0 aliphatic carbocycles. The van der Waals surface area contributed by atoms with Crippen LogP contribution < -0.4 is 10.2 Å². The standard InChI is InChI=1S/C26H22F2N6/c27-20-5-4-19(22(28)14-20)12-17-7-10-34(11-8-17)26-25(31-21-2-1-9-30-16-21)32-23-6-3-18(15-29)13-24(23)33-26/h1-6,9,13-14,16-17H,7-8,10-12H2,(H,31,32). The van der Waals surface area contributed by atoms with Crippen molar-refractivity contribution in [3.05, 3.63) is 83.7 Å². The van der Waals surface area contributed by atoms with Crippen LogP contribution >= 0.6 is 0 Å². The van der Waals surface area contributed by atoms with Crippen molar-refractivity contribution < 1.29 is 8.78 Å². The van der Waals surface area contributed by atoms with E-state index in [4.69, 9.17) is 9.97 Å². The molecule has 1 fully saturated rings. The van der Waals surface area contributed by atoms with E-state index < -0.39 is 11.6 Å². The Hall–Kier alpha value is -4.12. The van der Waals surface area contributed by atoms with E-state index >= 15 is 0 Å². The van der Waals surface area contributed by atoms with Crippen molar-refractivity contribution in [2.75, 3.05) is 23.3 Å². The number of anilines is 3. The van der Waals surface area contributed by atoms with Crippen LogP contribution in [0.4, 0.5) is 26.1 Å². The minimum absolute atomic E-state index is 0.296. The molecule has 1 aliphatic rings. The lowest BCUT2D eigenvalue weighted by molar-refractivity contribution is 0.396. The van der Waals surface area contributed by atoms with Crippen molar-refractivity contribution in [2.24, 2.45) is 5.92 Å². The lowest BCUT2D eigenvalue weighted by Crippen LogP contribution is -2.35. The summed E-state index contributed by atoms with van der Waals surface area (Å²) in [7, 11) is 0. The first-order valence-corrected chi connectivity index (χ1v) is 11.2. The summed E-state index contributed by atoms with van der Waals surface area (Å²) in [6, 6.07) is 15.0. The molecule has 4 aromatic rings. The van der Waals surface area contributed by atoms with Crippen LogP contribution in [-0.4, -0.2) is 28.0 Å². The molecule has 6 nitrogen and oxygen atoms in total. The van der Waals surface area contributed by atoms with Crippen LogP contribution in [0.3, 0.4) is 0 Å². The first-order chi connectivity index (χ1) is 16.6. The minimum Gasteiger partial charge on any atom is -0.354 e. The molecule has 34 heavy (non-hydrogen) atoms. The van der Waals surface area contributed by atoms with E-state index in [2.05, 4.69) is 21.3 Å². The zero-order chi connectivity index (χ0) is 23.5. The SMILES string of the molecule is N#Cc1ccc2nc(Nc3cccnc3)c(N3CCC(Cc4ccc(F)cc4F)CC3)nc2c1. The predicted molar refractivity (Wildman–Crippen MR) is 127 cm³/mol. The number of piperidine rings is 1. The van der Waals surface area contributed by atoms with E-state index in [1.54, 1.807) is 30.6 Å². The first-order valence-electron chi connectivity index (χ1n) is 11.2. The number of aromatic nitrogens is 3. The number of fused-ring (bicyclic) bond motifs is 1. The Morgan fingerprint density at radius 3 is 2.62 bits per heavy atom. The van der Waals surface area contributed by atoms with Gasteiger partial charge in [0.05, 0.1) is 34.6 Å². The monoisotopic (exact) mass is 456 g/mol. The molecule has 170 valence electrons. The molecule has 8 heteroatoms. The Bertz CT molecular complexity index is 1360. The highest BCUT2D eigenvalue weighted by Gasteiger charge is 2.24. The second-order valence-corrected chi connectivity index (χ2v) is 8.45. The Kier molecular flexibility index (Phi) is 6.00. The third kappa shape index (κ3) is 4.64. The highest BCUT2D eigenvalue weighted by molar-refractivity contribution is 5.83. The van der Waals surface area contributed by atoms with E-state index in [0.717, 1.165) is 37.7 Å². The molecule has 0 unspecified atom stereocenters. The van der Waals surface area contributed by atoms with Gasteiger partial charge >= 0.3 is 0 Å². The number of pyridine rings is 1. The molecule has 0 radical (unpaired) electrons. The Morgan fingerprint density at radius 1 is 1.03 bits per heavy atom. The van der Waals surface area contributed by atoms with Gasteiger partial charge in [-0.25, -0.2) is 18.7 Å². The third-order valence-corrected chi connectivity index (χ3v) is 6.14. The summed E-state index contributed by atoms with van der Waals surface area (Å²) in [4.78, 5) is 16.0. The zero-order valence-corrected chi connectivity index (χ0v) is 18.4. The second kappa shape index (κ2) is 9.40. The third-order valence-electron chi connectivity index (χ3n) is 6.14. The second-order valence-electron chi connectivity index (χ2n) is 8.45. The number of hydrogen-bond donors (Lipinski definition) is 1. The van der Waals surface area contributed by atoms with Gasteiger partial charge in [0, 0.05) is 25.4 Å². The molecule has 0 atom stereocenters. The molecule has 0 bridgehead atoms. The van der Waals surface area contributed by atoms with Gasteiger partial charge in [0.2, 0.25) is 0 Å². The van der Waals surface area contributed by atoms with Gasteiger partial charge in [-0.1, -0.05) is 6.07 Å². The number of nitrogens with zero attached hydrogens (tertiary/aromatic N) is 5. The van der Waals surface area contributed by atoms with Crippen LogP contribution in [0, 0.1) is 28.9 Å². The Morgan fingerprint density at radius 2 is 1.88 bits per heavy atom. The summed E-state index contributed by atoms with van der Waals surface area (Å²) in [6.45, 7) is 1.46. The van der Waals surface area contributed by atoms with Crippen LogP contribution in [0.2, 0.25) is 0 Å². The maximum absolute atomic E-state index is 14.1. The summed E-state index contributed by atoms with van der Waals surface area (Å²) in [5, 5.41) is 12.6. The summed E-state index contributed by atoms with van der Waals surface area (Å²) >= 11 is 0. The fourth-order valence-corrected chi connectivity index (χ4v) is 4.34. The topological polar surface area (TPSA) is 77.7 Å². The largest absolute Gasteiger partial charge is 0.354 e. The summed E-state index contributed by atoms with van der Waals surface area (Å²) in [6.07, 6.45) is 5.70. The van der Waals surface area contributed by atoms with Crippen LogP contribution in [-0.2, 0) is 6.42 Å². The molecule has 3 heterocycles. The van der Waals surface area contributed by atoms with E-state index in [9.17, 15) is 14.0 Å². The first kappa shape index (κ1) is 21.7. The van der Waals surface area contributed by atoms with Gasteiger partial charge in [-0.15, -0.1) is 0 Å². The Balaban J connectivity index is 1.40. The minimum atomic E-state index is -0.556. The number of benzene rings is 2. The summed E-state index contributed by atoms with van der Waals surface area (Å²) in [5.41, 5.74) is 3.22. The normalized spacial score (nSPS) is 14.2. The van der Waals surface area contributed by atoms with E-state index in [-0.39, 0.29) is 0 Å². The van der Waals surface area contributed by atoms with Crippen molar-refractivity contribution in [2.45, 2.75) is 19.3 Å². The van der Waals surface area contributed by atoms with Gasteiger partial charge in [-0.05, 0) is 67.1 Å². The highest BCUT2D eigenvalue weighted by Crippen LogP contribution is 2.32. The fourth-order valence-electron chi connectivity index (χ4n) is 4.34. The van der Waals surface area contributed by atoms with Gasteiger partial charge in [0.1, 0.15) is 11.6 Å². The highest BCUT2D eigenvalue weighted by atomic mass is 19.1. The van der Waals surface area contributed by atoms with Crippen molar-refractivity contribution >= 4 is 28.4 Å². The number of hydrogen-bond acceptors (Lipinski definition) is 6. The fraction of sp³-hybridized carbons (Fsp3) is 0.231. The molecular weight excluding hydrogens is 434 g/mol. The lowest BCUT2D eigenvalue weighted by atomic mass is 9.90. The van der Waals surface area contributed by atoms with Crippen LogP contribution in [0.5, 0.6) is 0 Å². The van der Waals surface area contributed by atoms with Crippen molar-refractivity contribution in [1.82, 2.24) is 15.0 Å². The van der Waals surface area contributed by atoms with E-state index in [0.29, 0.717) is 46.1 Å². The quantitative estimate of drug-likeness (QED) is 0.435. The predicted octanol–water partition coefficient (Wildman–Crippen LogP) is 5.38. The number of nitrogens with one attached hydrogen (secondary N) is 1. The molecule has 1 aliphatic heterocycles. The van der Waals surface area contributed by atoms with Gasteiger partial charge < -0.3 is 10.2 Å². The molecule has 2 aromatic heterocycles. The van der Waals surface area contributed by atoms with E-state index in [1.807, 2.05) is 12.1 Å². The van der Waals surface area contributed by atoms with Crippen molar-refractivity contribution in [3.63, 3.8) is 0 Å². The smallest absolute Gasteiger partial charge is 0.174 e. The number of halogens is 2. The van der Waals surface area contributed by atoms with Gasteiger partial charge in [0.25, 0.3) is 0 Å². The summed E-state index contributed by atoms with van der Waals surface area (Å²) in [5.74, 6) is 0.578. The average molecular weight is 457 g/mol. The lowest BCUT2D eigenvalue weighted by Gasteiger charge is -2.33. The van der Waals surface area contributed by atoms with Crippen molar-refractivity contribution in [3.8, 4) is 6.07 Å². The van der Waals surface area contributed by atoms with Crippen LogP contribution in [0.1, 0.15) is 24.0 Å². The van der Waals surface area contributed by atoms with Crippen molar-refractivity contribution in [1.29, 1.82) is 5.26 Å². The molecule has 1 N–H and O–H groups in total. The molecule has 2 aromatic carbocycles. The molecule has 0 spiro atoms. The number of nitriles is 1. The maximum Gasteiger partial charge on any atom is 0.174 e. The zero-order valence-electron chi connectivity index (χ0n) is 18.4. The molecule has 5 rings (SSSR count). The maximum atomic E-state index is 14.1. The van der Waals surface area contributed by atoms with Crippen LogP contribution in [0.15, 0.2) is 60.9 Å². The number of rotatable bonds is 5. The Labute approximate surface area is 195 Å². The van der Waals surface area contributed by atoms with Gasteiger partial charge in [-0.3, -0.25) is 4.98 Å². The van der Waals surface area contributed by atoms with Crippen LogP contribution in [0.25, 0.3) is 11.0 Å². The summed E-state index contributed by atoms with van der Waals surface area (Å²) < 4.78 is 27.3. The van der Waals surface area contributed by atoms with Gasteiger partial charge in [0.15, 0.2) is 11.6 Å². The molecule has 0 saturated carbocycles. The molecule has 1 saturated heterocycles.